The molecule has 39 heavy (non-hydrogen) atoms. The third-order valence-corrected chi connectivity index (χ3v) is 7.47. The van der Waals surface area contributed by atoms with Gasteiger partial charge in [-0.3, -0.25) is 5.41 Å². The van der Waals surface area contributed by atoms with E-state index in [-0.39, 0.29) is 48.8 Å². The van der Waals surface area contributed by atoms with Crippen LogP contribution in [0, 0.1) is 5.41 Å². The molecule has 212 valence electrons. The molecule has 2 fully saturated rings. The van der Waals surface area contributed by atoms with E-state index in [1.54, 1.807) is 6.20 Å². The minimum atomic E-state index is -4.42. The number of ether oxygens (including phenoxy) is 2. The van der Waals surface area contributed by atoms with E-state index in [1.165, 1.54) is 0 Å². The summed E-state index contributed by atoms with van der Waals surface area (Å²) < 4.78 is 51.2. The number of fused-ring (bicyclic) bond motifs is 1. The standard InChI is InChI=1S/C26H35F3N8O2/c1-15-11-35(12-16(2)39-15)20-8-7-17(10-32-20)37-14-25(3,4)21-22(30)33-19(34-23(21)37)13-38-24(31)36-9-5-6-18(36)26(27,28)29/h7-8,10,15-16,18,31H,5-6,9,11-14H2,1-4H3,(H2,30,33,34)/t15-,16+,18-/m1/s1. The number of morpholine rings is 1. The lowest BCUT2D eigenvalue weighted by Gasteiger charge is -2.36. The van der Waals surface area contributed by atoms with Gasteiger partial charge in [-0.05, 0) is 38.8 Å². The highest BCUT2D eigenvalue weighted by Crippen LogP contribution is 2.45. The molecule has 3 atom stereocenters. The maximum Gasteiger partial charge on any atom is 0.408 e. The van der Waals surface area contributed by atoms with Gasteiger partial charge in [0.1, 0.15) is 23.5 Å². The lowest BCUT2D eigenvalue weighted by Crippen LogP contribution is -2.45. The lowest BCUT2D eigenvalue weighted by molar-refractivity contribution is -0.169. The minimum absolute atomic E-state index is 0.0575. The fourth-order valence-corrected chi connectivity index (χ4v) is 5.84. The topological polar surface area (TPSA) is 117 Å². The fourth-order valence-electron chi connectivity index (χ4n) is 5.84. The van der Waals surface area contributed by atoms with Crippen LogP contribution in [0.3, 0.4) is 0 Å². The van der Waals surface area contributed by atoms with Crippen molar-refractivity contribution in [3.05, 3.63) is 29.7 Å². The number of pyridine rings is 1. The normalized spacial score (nSPS) is 24.7. The zero-order chi connectivity index (χ0) is 28.1. The zero-order valence-corrected chi connectivity index (χ0v) is 22.6. The number of hydrogen-bond acceptors (Lipinski definition) is 9. The highest BCUT2D eigenvalue weighted by atomic mass is 19.4. The molecule has 3 aliphatic rings. The number of alkyl halides is 3. The quantitative estimate of drug-likeness (QED) is 0.432. The van der Waals surface area contributed by atoms with Gasteiger partial charge in [-0.25, -0.2) is 15.0 Å². The van der Waals surface area contributed by atoms with E-state index in [2.05, 4.69) is 28.7 Å². The van der Waals surface area contributed by atoms with Crippen LogP contribution in [0.4, 0.5) is 36.3 Å². The van der Waals surface area contributed by atoms with Crippen LogP contribution in [0.25, 0.3) is 0 Å². The first-order valence-electron chi connectivity index (χ1n) is 13.2. The molecule has 10 nitrogen and oxygen atoms in total. The molecule has 2 saturated heterocycles. The Labute approximate surface area is 225 Å². The summed E-state index contributed by atoms with van der Waals surface area (Å²) >= 11 is 0. The van der Waals surface area contributed by atoms with E-state index in [0.29, 0.717) is 18.8 Å². The number of amidine groups is 1. The van der Waals surface area contributed by atoms with Gasteiger partial charge in [-0.15, -0.1) is 0 Å². The molecule has 5 heterocycles. The molecule has 0 amide bonds. The summed E-state index contributed by atoms with van der Waals surface area (Å²) in [6.45, 7) is 10.2. The Bertz CT molecular complexity index is 1210. The first kappa shape index (κ1) is 27.2. The van der Waals surface area contributed by atoms with Crippen LogP contribution >= 0.6 is 0 Å². The average molecular weight is 549 g/mol. The predicted octanol–water partition coefficient (Wildman–Crippen LogP) is 3.97. The molecule has 0 aromatic carbocycles. The van der Waals surface area contributed by atoms with Crippen LogP contribution in [0.5, 0.6) is 0 Å². The van der Waals surface area contributed by atoms with Gasteiger partial charge in [-0.1, -0.05) is 13.8 Å². The number of nitrogens with one attached hydrogen (secondary N) is 1. The van der Waals surface area contributed by atoms with Crippen molar-refractivity contribution >= 4 is 29.2 Å². The van der Waals surface area contributed by atoms with Crippen LogP contribution in [-0.2, 0) is 21.5 Å². The number of nitrogens with two attached hydrogens (primary N) is 1. The molecule has 0 spiro atoms. The van der Waals surface area contributed by atoms with Crippen LogP contribution in [0.1, 0.15) is 51.9 Å². The van der Waals surface area contributed by atoms with Crippen molar-refractivity contribution in [2.24, 2.45) is 0 Å². The number of rotatable bonds is 4. The summed E-state index contributed by atoms with van der Waals surface area (Å²) in [5, 5.41) is 8.11. The molecule has 0 unspecified atom stereocenters. The maximum atomic E-state index is 13.3. The smallest absolute Gasteiger partial charge is 0.408 e. The molecular formula is C26H35F3N8O2. The number of nitrogens with zero attached hydrogens (tertiary/aromatic N) is 6. The Balaban J connectivity index is 1.35. The van der Waals surface area contributed by atoms with Crippen molar-refractivity contribution in [2.45, 2.75) is 77.0 Å². The Morgan fingerprint density at radius 2 is 1.92 bits per heavy atom. The van der Waals surface area contributed by atoms with Gasteiger partial charge in [0, 0.05) is 37.2 Å². The van der Waals surface area contributed by atoms with Gasteiger partial charge >= 0.3 is 6.18 Å². The SMILES string of the molecule is C[C@@H]1CN(c2ccc(N3CC(C)(C)c4c(N)nc(COC(=N)N5CCC[C@@H]5C(F)(F)F)nc43)cn2)C[C@H](C)O1. The van der Waals surface area contributed by atoms with Gasteiger partial charge in [0.15, 0.2) is 12.4 Å². The summed E-state index contributed by atoms with van der Waals surface area (Å²) in [5.74, 6) is 1.96. The second-order valence-electron chi connectivity index (χ2n) is 11.2. The van der Waals surface area contributed by atoms with Gasteiger partial charge in [0.05, 0.1) is 24.1 Å². The predicted molar refractivity (Wildman–Crippen MR) is 141 cm³/mol. The first-order chi connectivity index (χ1) is 18.3. The highest BCUT2D eigenvalue weighted by Gasteiger charge is 2.47. The van der Waals surface area contributed by atoms with Gasteiger partial charge in [-0.2, -0.15) is 13.2 Å². The second kappa shape index (κ2) is 10.00. The van der Waals surface area contributed by atoms with E-state index in [0.717, 1.165) is 35.1 Å². The number of hydrogen-bond donors (Lipinski definition) is 2. The third kappa shape index (κ3) is 5.41. The molecule has 2 aromatic heterocycles. The minimum Gasteiger partial charge on any atom is -0.457 e. The molecule has 0 aliphatic carbocycles. The number of aromatic nitrogens is 3. The van der Waals surface area contributed by atoms with E-state index in [1.807, 2.05) is 30.9 Å². The number of halogens is 3. The highest BCUT2D eigenvalue weighted by molar-refractivity contribution is 5.74. The van der Waals surface area contributed by atoms with Crippen molar-refractivity contribution < 1.29 is 22.6 Å². The summed E-state index contributed by atoms with van der Waals surface area (Å²) in [6.07, 6.45) is -2.09. The molecular weight excluding hydrogens is 513 g/mol. The lowest BCUT2D eigenvalue weighted by atomic mass is 9.88. The molecule has 0 radical (unpaired) electrons. The van der Waals surface area contributed by atoms with Crippen molar-refractivity contribution in [1.29, 1.82) is 5.41 Å². The third-order valence-electron chi connectivity index (χ3n) is 7.47. The molecule has 3 aliphatic heterocycles. The van der Waals surface area contributed by atoms with Crippen molar-refractivity contribution in [3.63, 3.8) is 0 Å². The Hall–Kier alpha value is -3.35. The molecule has 5 rings (SSSR count). The van der Waals surface area contributed by atoms with Crippen molar-refractivity contribution in [3.8, 4) is 0 Å². The van der Waals surface area contributed by atoms with E-state index >= 15 is 0 Å². The van der Waals surface area contributed by atoms with E-state index < -0.39 is 18.2 Å². The summed E-state index contributed by atoms with van der Waals surface area (Å²) in [7, 11) is 0. The van der Waals surface area contributed by atoms with Crippen LogP contribution in [0.2, 0.25) is 0 Å². The Morgan fingerprint density at radius 1 is 1.21 bits per heavy atom. The van der Waals surface area contributed by atoms with Crippen LogP contribution in [0.15, 0.2) is 18.3 Å². The Morgan fingerprint density at radius 3 is 2.56 bits per heavy atom. The number of anilines is 4. The van der Waals surface area contributed by atoms with Gasteiger partial charge < -0.3 is 29.9 Å². The van der Waals surface area contributed by atoms with Gasteiger partial charge in [0.25, 0.3) is 6.02 Å². The number of likely N-dealkylation sites (tertiary alicyclic amines) is 1. The molecule has 2 aromatic rings. The first-order valence-corrected chi connectivity index (χ1v) is 13.2. The molecule has 3 N–H and O–H groups in total. The molecule has 13 heteroatoms. The monoisotopic (exact) mass is 548 g/mol. The van der Waals surface area contributed by atoms with E-state index in [4.69, 9.17) is 25.6 Å². The summed E-state index contributed by atoms with van der Waals surface area (Å²) in [4.78, 5) is 18.9. The average Bonchev–Trinajstić information content (AvgIpc) is 3.45. The van der Waals surface area contributed by atoms with Crippen LogP contribution < -0.4 is 15.5 Å². The largest absolute Gasteiger partial charge is 0.457 e. The summed E-state index contributed by atoms with van der Waals surface area (Å²) in [6, 6.07) is 1.72. The Kier molecular flexibility index (Phi) is 6.98. The second-order valence-corrected chi connectivity index (χ2v) is 11.2. The van der Waals surface area contributed by atoms with Crippen LogP contribution in [-0.4, -0.2) is 76.5 Å². The molecule has 0 bridgehead atoms. The van der Waals surface area contributed by atoms with E-state index in [9.17, 15) is 13.2 Å². The summed E-state index contributed by atoms with van der Waals surface area (Å²) in [5.41, 5.74) is 7.64. The number of nitrogen functional groups attached to an aromatic ring is 1. The van der Waals surface area contributed by atoms with Crippen molar-refractivity contribution in [1.82, 2.24) is 19.9 Å². The zero-order valence-electron chi connectivity index (χ0n) is 22.6. The van der Waals surface area contributed by atoms with Gasteiger partial charge in [0.2, 0.25) is 0 Å². The maximum absolute atomic E-state index is 13.3. The van der Waals surface area contributed by atoms with Crippen molar-refractivity contribution in [2.75, 3.05) is 41.7 Å². The fraction of sp³-hybridized carbons (Fsp3) is 0.615. The molecule has 0 saturated carbocycles.